The largest absolute Gasteiger partial charge is 0.481 e. The summed E-state index contributed by atoms with van der Waals surface area (Å²) in [5, 5.41) is 18.8. The van der Waals surface area contributed by atoms with E-state index in [2.05, 4.69) is 0 Å². The van der Waals surface area contributed by atoms with Crippen LogP contribution in [0.5, 0.6) is 0 Å². The number of hydrogen-bond acceptors (Lipinski definition) is 7. The molecule has 2 rings (SSSR count). The monoisotopic (exact) mass is 288 g/mol. The topological polar surface area (TPSA) is 119 Å². The number of Topliss-reactive ketones (excluding diaryl/α,β-unsaturated/α-hetero) is 1. The fourth-order valence-electron chi connectivity index (χ4n) is 2.61. The van der Waals surface area contributed by atoms with Gasteiger partial charge in [0.25, 0.3) is 0 Å². The number of carbonyl (C=O) groups is 3. The molecule has 0 unspecified atom stereocenters. The zero-order valence-corrected chi connectivity index (χ0v) is 10.9. The summed E-state index contributed by atoms with van der Waals surface area (Å²) in [6.45, 7) is 1.11. The molecule has 2 heterocycles. The van der Waals surface area contributed by atoms with Crippen molar-refractivity contribution in [1.29, 1.82) is 0 Å². The Morgan fingerprint density at radius 2 is 2.05 bits per heavy atom. The summed E-state index contributed by atoms with van der Waals surface area (Å²) in [6.07, 6.45) is -3.57. The van der Waals surface area contributed by atoms with E-state index in [0.717, 1.165) is 0 Å². The molecule has 0 saturated carbocycles. The number of esters is 1. The molecule has 2 aliphatic heterocycles. The van der Waals surface area contributed by atoms with Gasteiger partial charge in [-0.05, 0) is 6.92 Å². The highest BCUT2D eigenvalue weighted by molar-refractivity contribution is 5.94. The molecular formula is C12H16O8. The third kappa shape index (κ3) is 2.67. The molecule has 0 spiro atoms. The van der Waals surface area contributed by atoms with E-state index in [1.807, 2.05) is 0 Å². The Kier molecular flexibility index (Phi) is 4.07. The molecule has 2 N–H and O–H groups in total. The molecule has 2 saturated heterocycles. The highest BCUT2D eigenvalue weighted by atomic mass is 16.6. The lowest BCUT2D eigenvalue weighted by atomic mass is 9.89. The Hall–Kier alpha value is -1.51. The average Bonchev–Trinajstić information content (AvgIpc) is 2.78. The summed E-state index contributed by atoms with van der Waals surface area (Å²) >= 11 is 0. The Morgan fingerprint density at radius 3 is 2.65 bits per heavy atom. The minimum absolute atomic E-state index is 0.0708. The molecule has 0 aromatic carbocycles. The molecule has 8 heteroatoms. The predicted octanol–water partition coefficient (Wildman–Crippen LogP) is -1.12. The molecule has 20 heavy (non-hydrogen) atoms. The van der Waals surface area contributed by atoms with E-state index in [-0.39, 0.29) is 25.4 Å². The van der Waals surface area contributed by atoms with Crippen LogP contribution in [0, 0.1) is 0 Å². The summed E-state index contributed by atoms with van der Waals surface area (Å²) < 4.78 is 15.8. The van der Waals surface area contributed by atoms with E-state index >= 15 is 0 Å². The second-order valence-corrected chi connectivity index (χ2v) is 5.01. The fraction of sp³-hybridized carbons (Fsp3) is 0.750. The summed E-state index contributed by atoms with van der Waals surface area (Å²) in [4.78, 5) is 33.2. The van der Waals surface area contributed by atoms with Crippen LogP contribution in [0.25, 0.3) is 0 Å². The molecular weight excluding hydrogens is 272 g/mol. The number of aliphatic hydroxyl groups is 1. The second kappa shape index (κ2) is 5.47. The van der Waals surface area contributed by atoms with Gasteiger partial charge in [0, 0.05) is 0 Å². The van der Waals surface area contributed by atoms with Crippen LogP contribution in [0.4, 0.5) is 0 Å². The van der Waals surface area contributed by atoms with Crippen LogP contribution < -0.4 is 0 Å². The van der Waals surface area contributed by atoms with Crippen molar-refractivity contribution in [2.24, 2.45) is 0 Å². The maximum Gasteiger partial charge on any atom is 0.313 e. The van der Waals surface area contributed by atoms with Gasteiger partial charge in [-0.15, -0.1) is 0 Å². The van der Waals surface area contributed by atoms with Crippen molar-refractivity contribution < 1.29 is 38.8 Å². The van der Waals surface area contributed by atoms with Gasteiger partial charge in [0.2, 0.25) is 0 Å². The van der Waals surface area contributed by atoms with Crippen molar-refractivity contribution in [2.45, 2.75) is 43.7 Å². The van der Waals surface area contributed by atoms with Crippen molar-refractivity contribution >= 4 is 17.7 Å². The van der Waals surface area contributed by atoms with Crippen LogP contribution in [-0.2, 0) is 28.6 Å². The van der Waals surface area contributed by atoms with Crippen LogP contribution in [0.1, 0.15) is 19.8 Å². The van der Waals surface area contributed by atoms with E-state index in [9.17, 15) is 19.5 Å². The first-order valence-corrected chi connectivity index (χ1v) is 6.19. The number of hydrogen-bond donors (Lipinski definition) is 2. The number of ether oxygens (including phenoxy) is 3. The van der Waals surface area contributed by atoms with Crippen LogP contribution in [-0.4, -0.2) is 65.1 Å². The molecule has 0 aromatic rings. The Morgan fingerprint density at radius 1 is 1.35 bits per heavy atom. The van der Waals surface area contributed by atoms with Crippen LogP contribution in [0.2, 0.25) is 0 Å². The fourth-order valence-corrected chi connectivity index (χ4v) is 2.61. The number of ketones is 1. The normalized spacial score (nSPS) is 35.6. The van der Waals surface area contributed by atoms with Gasteiger partial charge in [-0.25, -0.2) is 0 Å². The summed E-state index contributed by atoms with van der Waals surface area (Å²) in [5.74, 6) is -2.20. The van der Waals surface area contributed by atoms with Crippen molar-refractivity contribution in [3.8, 4) is 0 Å². The molecule has 0 radical (unpaired) electrons. The maximum absolute atomic E-state index is 11.5. The third-order valence-corrected chi connectivity index (χ3v) is 3.44. The lowest BCUT2D eigenvalue weighted by molar-refractivity contribution is -0.155. The molecule has 4 atom stereocenters. The second-order valence-electron chi connectivity index (χ2n) is 5.01. The van der Waals surface area contributed by atoms with E-state index < -0.39 is 42.3 Å². The minimum atomic E-state index is -1.40. The van der Waals surface area contributed by atoms with Crippen LogP contribution >= 0.6 is 0 Å². The maximum atomic E-state index is 11.5. The van der Waals surface area contributed by atoms with E-state index in [4.69, 9.17) is 19.3 Å². The first-order chi connectivity index (χ1) is 9.35. The number of carboxylic acid groups (broad SMARTS) is 1. The van der Waals surface area contributed by atoms with Gasteiger partial charge >= 0.3 is 11.9 Å². The average molecular weight is 288 g/mol. The van der Waals surface area contributed by atoms with Crippen molar-refractivity contribution in [2.75, 3.05) is 13.2 Å². The number of aliphatic carboxylic acids is 1. The zero-order valence-electron chi connectivity index (χ0n) is 10.9. The van der Waals surface area contributed by atoms with Crippen molar-refractivity contribution in [1.82, 2.24) is 0 Å². The highest BCUT2D eigenvalue weighted by Crippen LogP contribution is 2.41. The lowest BCUT2D eigenvalue weighted by Gasteiger charge is -2.28. The van der Waals surface area contributed by atoms with E-state index in [1.54, 1.807) is 0 Å². The van der Waals surface area contributed by atoms with Gasteiger partial charge in [0.05, 0.1) is 19.6 Å². The van der Waals surface area contributed by atoms with Crippen molar-refractivity contribution in [3.63, 3.8) is 0 Å². The molecule has 2 fully saturated rings. The van der Waals surface area contributed by atoms with Crippen molar-refractivity contribution in [3.05, 3.63) is 0 Å². The number of aliphatic hydroxyl groups excluding tert-OH is 1. The molecule has 0 aliphatic carbocycles. The Balaban J connectivity index is 2.07. The summed E-state index contributed by atoms with van der Waals surface area (Å²) in [6, 6.07) is 0. The third-order valence-electron chi connectivity index (χ3n) is 3.44. The van der Waals surface area contributed by atoms with Gasteiger partial charge in [-0.3, -0.25) is 14.4 Å². The molecule has 0 aromatic heterocycles. The molecule has 0 bridgehead atoms. The number of fused-ring (bicyclic) bond motifs is 1. The summed E-state index contributed by atoms with van der Waals surface area (Å²) in [7, 11) is 0. The minimum Gasteiger partial charge on any atom is -0.481 e. The zero-order chi connectivity index (χ0) is 14.9. The van der Waals surface area contributed by atoms with Gasteiger partial charge in [0.15, 0.2) is 6.10 Å². The van der Waals surface area contributed by atoms with Gasteiger partial charge in [0.1, 0.15) is 30.0 Å². The molecule has 0 amide bonds. The van der Waals surface area contributed by atoms with Crippen LogP contribution in [0.3, 0.4) is 0 Å². The van der Waals surface area contributed by atoms with E-state index in [1.165, 1.54) is 6.92 Å². The first kappa shape index (κ1) is 14.9. The van der Waals surface area contributed by atoms with E-state index in [0.29, 0.717) is 0 Å². The lowest BCUT2D eigenvalue weighted by Crippen LogP contribution is -2.49. The van der Waals surface area contributed by atoms with Crippen LogP contribution in [0.15, 0.2) is 0 Å². The predicted molar refractivity (Wildman–Crippen MR) is 61.9 cm³/mol. The Labute approximate surface area is 114 Å². The number of rotatable bonds is 5. The Bertz CT molecular complexity index is 433. The summed E-state index contributed by atoms with van der Waals surface area (Å²) in [5.41, 5.74) is -1.40. The smallest absolute Gasteiger partial charge is 0.313 e. The van der Waals surface area contributed by atoms with Gasteiger partial charge < -0.3 is 24.4 Å². The molecule has 112 valence electrons. The number of carboxylic acids is 1. The SMILES string of the molecule is CC(=O)CC(=O)O[C@H]1CO[C@@]2(CC(=O)O)[C@@H]1OC[C@@H]2O. The molecule has 8 nitrogen and oxygen atoms in total. The molecule has 2 aliphatic rings. The number of carbonyl (C=O) groups excluding carboxylic acids is 2. The van der Waals surface area contributed by atoms with Gasteiger partial charge in [-0.1, -0.05) is 0 Å². The first-order valence-electron chi connectivity index (χ1n) is 6.19. The highest BCUT2D eigenvalue weighted by Gasteiger charge is 2.62. The standard InChI is InChI=1S/C12H16O8/c1-6(13)2-10(17)20-7-4-19-12(3-9(15)16)8(14)5-18-11(7)12/h7-8,11,14H,2-5H2,1H3,(H,15,16)/t7-,8-,11+,12+/m0/s1. The van der Waals surface area contributed by atoms with Gasteiger partial charge in [-0.2, -0.15) is 0 Å². The quantitative estimate of drug-likeness (QED) is 0.482.